The van der Waals surface area contributed by atoms with Crippen molar-refractivity contribution in [2.24, 2.45) is 0 Å². The van der Waals surface area contributed by atoms with E-state index in [1.54, 1.807) is 0 Å². The summed E-state index contributed by atoms with van der Waals surface area (Å²) in [5, 5.41) is 0. The van der Waals surface area contributed by atoms with Crippen LogP contribution in [-0.4, -0.2) is 12.9 Å². The zero-order valence-electron chi connectivity index (χ0n) is 5.90. The first kappa shape index (κ1) is 6.64. The van der Waals surface area contributed by atoms with Crippen LogP contribution in [0.15, 0.2) is 30.3 Å². The molecule has 2 rings (SSSR count). The van der Waals surface area contributed by atoms with Crippen LogP contribution in [0.4, 0.5) is 0 Å². The maximum atomic E-state index is 5.30. The van der Waals surface area contributed by atoms with Crippen LogP contribution in [-0.2, 0) is 9.78 Å². The third kappa shape index (κ3) is 1.50. The molecule has 1 atom stereocenters. The van der Waals surface area contributed by atoms with Crippen molar-refractivity contribution in [3.63, 3.8) is 0 Å². The van der Waals surface area contributed by atoms with Crippen LogP contribution in [0.5, 0.6) is 5.75 Å². The van der Waals surface area contributed by atoms with Gasteiger partial charge >= 0.3 is 0 Å². The quantitative estimate of drug-likeness (QED) is 0.599. The third-order valence-electron chi connectivity index (χ3n) is 1.39. The van der Waals surface area contributed by atoms with Crippen LogP contribution in [0, 0.1) is 0 Å². The number of para-hydroxylation sites is 1. The number of benzene rings is 1. The fraction of sp³-hybridized carbons (Fsp3) is 0.250. The highest BCUT2D eigenvalue weighted by atomic mass is 17.3. The Labute approximate surface area is 64.4 Å². The molecule has 1 aliphatic rings. The Morgan fingerprint density at radius 3 is 2.55 bits per heavy atom. The molecule has 0 aliphatic carbocycles. The van der Waals surface area contributed by atoms with Crippen molar-refractivity contribution in [3.05, 3.63) is 30.3 Å². The van der Waals surface area contributed by atoms with Crippen LogP contribution >= 0.6 is 0 Å². The van der Waals surface area contributed by atoms with Gasteiger partial charge in [0.05, 0.1) is 0 Å². The summed E-state index contributed by atoms with van der Waals surface area (Å²) in [5.41, 5.74) is 0. The van der Waals surface area contributed by atoms with Crippen molar-refractivity contribution in [2.75, 3.05) is 6.61 Å². The Morgan fingerprint density at radius 2 is 2.00 bits per heavy atom. The normalized spacial score (nSPS) is 22.4. The van der Waals surface area contributed by atoms with E-state index in [1.807, 2.05) is 30.3 Å². The van der Waals surface area contributed by atoms with Gasteiger partial charge in [-0.3, -0.25) is 0 Å². The lowest BCUT2D eigenvalue weighted by Crippen LogP contribution is -2.36. The van der Waals surface area contributed by atoms with Gasteiger partial charge in [0.1, 0.15) is 12.4 Å². The Hall–Kier alpha value is -1.06. The van der Waals surface area contributed by atoms with Crippen LogP contribution < -0.4 is 4.74 Å². The average Bonchev–Trinajstić information content (AvgIpc) is 1.99. The van der Waals surface area contributed by atoms with Gasteiger partial charge in [0.15, 0.2) is 0 Å². The van der Waals surface area contributed by atoms with Gasteiger partial charge in [-0.15, -0.1) is 0 Å². The first-order valence-electron chi connectivity index (χ1n) is 3.45. The molecule has 0 aromatic heterocycles. The summed E-state index contributed by atoms with van der Waals surface area (Å²) in [4.78, 5) is 9.09. The molecule has 3 heteroatoms. The molecule has 0 amide bonds. The molecule has 3 nitrogen and oxygen atoms in total. The summed E-state index contributed by atoms with van der Waals surface area (Å²) in [6.45, 7) is 0.509. The standard InChI is InChI=1S/C8H8O3/c1-2-4-7(5-3-1)10-8-6-9-11-8/h1-5,8H,6H2. The van der Waals surface area contributed by atoms with Gasteiger partial charge < -0.3 is 4.74 Å². The van der Waals surface area contributed by atoms with E-state index in [2.05, 4.69) is 9.78 Å². The van der Waals surface area contributed by atoms with E-state index >= 15 is 0 Å². The number of hydrogen-bond acceptors (Lipinski definition) is 3. The summed E-state index contributed by atoms with van der Waals surface area (Å²) >= 11 is 0. The number of ether oxygens (including phenoxy) is 1. The van der Waals surface area contributed by atoms with Gasteiger partial charge in [0.2, 0.25) is 0 Å². The zero-order chi connectivity index (χ0) is 7.52. The molecule has 1 heterocycles. The summed E-state index contributed by atoms with van der Waals surface area (Å²) in [6, 6.07) is 9.51. The maximum Gasteiger partial charge on any atom is 0.257 e. The smallest absolute Gasteiger partial charge is 0.257 e. The molecule has 0 spiro atoms. The van der Waals surface area contributed by atoms with E-state index in [9.17, 15) is 0 Å². The molecule has 58 valence electrons. The summed E-state index contributed by atoms with van der Waals surface area (Å²) in [6.07, 6.45) is -0.225. The second-order valence-corrected chi connectivity index (χ2v) is 2.24. The highest BCUT2D eigenvalue weighted by Gasteiger charge is 2.21. The zero-order valence-corrected chi connectivity index (χ0v) is 5.90. The Morgan fingerprint density at radius 1 is 1.27 bits per heavy atom. The lowest BCUT2D eigenvalue weighted by molar-refractivity contribution is -0.466. The van der Waals surface area contributed by atoms with Crippen LogP contribution in [0.2, 0.25) is 0 Å². The van der Waals surface area contributed by atoms with E-state index in [0.29, 0.717) is 6.61 Å². The average molecular weight is 152 g/mol. The minimum Gasteiger partial charge on any atom is -0.460 e. The predicted molar refractivity (Wildman–Crippen MR) is 37.9 cm³/mol. The van der Waals surface area contributed by atoms with E-state index in [1.165, 1.54) is 0 Å². The van der Waals surface area contributed by atoms with Crippen molar-refractivity contribution in [1.82, 2.24) is 0 Å². The second kappa shape index (κ2) is 2.90. The monoisotopic (exact) mass is 152 g/mol. The molecule has 0 saturated carbocycles. The maximum absolute atomic E-state index is 5.30. The van der Waals surface area contributed by atoms with Crippen LogP contribution in [0.3, 0.4) is 0 Å². The molecule has 1 saturated heterocycles. The molecule has 1 aromatic carbocycles. The van der Waals surface area contributed by atoms with E-state index < -0.39 is 0 Å². The van der Waals surface area contributed by atoms with Gasteiger partial charge in [-0.05, 0) is 12.1 Å². The largest absolute Gasteiger partial charge is 0.460 e. The summed E-state index contributed by atoms with van der Waals surface area (Å²) in [5.74, 6) is 0.806. The van der Waals surface area contributed by atoms with Gasteiger partial charge in [-0.25, -0.2) is 4.89 Å². The van der Waals surface area contributed by atoms with Crippen molar-refractivity contribution in [3.8, 4) is 5.75 Å². The number of rotatable bonds is 2. The van der Waals surface area contributed by atoms with Crippen LogP contribution in [0.1, 0.15) is 0 Å². The Balaban J connectivity index is 1.95. The topological polar surface area (TPSA) is 27.7 Å². The number of hydrogen-bond donors (Lipinski definition) is 0. The molecule has 1 fully saturated rings. The van der Waals surface area contributed by atoms with E-state index in [0.717, 1.165) is 5.75 Å². The van der Waals surface area contributed by atoms with Crippen molar-refractivity contribution >= 4 is 0 Å². The van der Waals surface area contributed by atoms with E-state index in [-0.39, 0.29) is 6.29 Å². The first-order valence-corrected chi connectivity index (χ1v) is 3.45. The Kier molecular flexibility index (Phi) is 1.75. The minimum atomic E-state index is -0.225. The molecule has 0 N–H and O–H groups in total. The SMILES string of the molecule is c1ccc(OC2COO2)cc1. The fourth-order valence-corrected chi connectivity index (χ4v) is 0.828. The van der Waals surface area contributed by atoms with Crippen molar-refractivity contribution in [2.45, 2.75) is 6.29 Å². The Bertz CT molecular complexity index is 218. The molecular formula is C8H8O3. The summed E-state index contributed by atoms with van der Waals surface area (Å²) < 4.78 is 5.30. The molecule has 11 heavy (non-hydrogen) atoms. The van der Waals surface area contributed by atoms with Gasteiger partial charge in [-0.1, -0.05) is 18.2 Å². The second-order valence-electron chi connectivity index (χ2n) is 2.24. The third-order valence-corrected chi connectivity index (χ3v) is 1.39. The van der Waals surface area contributed by atoms with E-state index in [4.69, 9.17) is 4.74 Å². The van der Waals surface area contributed by atoms with Crippen LogP contribution in [0.25, 0.3) is 0 Å². The highest BCUT2D eigenvalue weighted by molar-refractivity contribution is 5.21. The minimum absolute atomic E-state index is 0.225. The lowest BCUT2D eigenvalue weighted by atomic mass is 10.3. The molecule has 0 radical (unpaired) electrons. The van der Waals surface area contributed by atoms with Gasteiger partial charge in [0.25, 0.3) is 6.29 Å². The fourth-order valence-electron chi connectivity index (χ4n) is 0.828. The van der Waals surface area contributed by atoms with Gasteiger partial charge in [-0.2, -0.15) is 4.89 Å². The summed E-state index contributed by atoms with van der Waals surface area (Å²) in [7, 11) is 0. The highest BCUT2D eigenvalue weighted by Crippen LogP contribution is 2.15. The van der Waals surface area contributed by atoms with Crippen molar-refractivity contribution in [1.29, 1.82) is 0 Å². The van der Waals surface area contributed by atoms with Gasteiger partial charge in [0, 0.05) is 0 Å². The first-order chi connectivity index (χ1) is 5.45. The molecule has 1 aliphatic heterocycles. The van der Waals surface area contributed by atoms with Crippen molar-refractivity contribution < 1.29 is 14.5 Å². The molecule has 0 bridgehead atoms. The molecule has 1 aromatic rings. The molecular weight excluding hydrogens is 144 g/mol. The lowest BCUT2D eigenvalue weighted by Gasteiger charge is -2.24. The predicted octanol–water partition coefficient (Wildman–Crippen LogP) is 1.35. The molecule has 1 unspecified atom stereocenters.